The second kappa shape index (κ2) is 5.36. The van der Waals surface area contributed by atoms with Crippen LogP contribution in [0.2, 0.25) is 0 Å². The van der Waals surface area contributed by atoms with Gasteiger partial charge in [0.1, 0.15) is 5.82 Å². The van der Waals surface area contributed by atoms with E-state index >= 15 is 0 Å². The van der Waals surface area contributed by atoms with E-state index in [2.05, 4.69) is 27.6 Å². The van der Waals surface area contributed by atoms with Crippen LogP contribution in [-0.2, 0) is 6.42 Å². The molecular formula is C16H13IN2O. The molecule has 0 unspecified atom stereocenters. The number of fused-ring (bicyclic) bond motifs is 1. The Bertz CT molecular complexity index is 825. The molecule has 4 heteroatoms. The van der Waals surface area contributed by atoms with Gasteiger partial charge in [0.25, 0.3) is 5.56 Å². The number of aryl methyl sites for hydroxylation is 1. The highest BCUT2D eigenvalue weighted by atomic mass is 127. The van der Waals surface area contributed by atoms with Gasteiger partial charge in [0.05, 0.1) is 16.6 Å². The lowest BCUT2D eigenvalue weighted by molar-refractivity contribution is 0.833. The standard InChI is InChI=1S/C16H13IN2O/c1-2-15-18-14-9-8-11(17)10-13(14)16(20)19(15)12-6-4-3-5-7-12/h3-10H,2H2,1H3. The molecule has 0 atom stereocenters. The van der Waals surface area contributed by atoms with E-state index in [0.717, 1.165) is 20.6 Å². The second-order valence-electron chi connectivity index (χ2n) is 4.52. The quantitative estimate of drug-likeness (QED) is 0.642. The van der Waals surface area contributed by atoms with Crippen molar-refractivity contribution in [3.63, 3.8) is 0 Å². The molecule has 3 nitrogen and oxygen atoms in total. The van der Waals surface area contributed by atoms with Crippen molar-refractivity contribution in [1.82, 2.24) is 9.55 Å². The molecule has 0 aliphatic heterocycles. The van der Waals surface area contributed by atoms with Crippen molar-refractivity contribution in [1.29, 1.82) is 0 Å². The molecule has 0 saturated heterocycles. The van der Waals surface area contributed by atoms with E-state index in [0.29, 0.717) is 11.8 Å². The third-order valence-electron chi connectivity index (χ3n) is 3.23. The summed E-state index contributed by atoms with van der Waals surface area (Å²) < 4.78 is 2.75. The van der Waals surface area contributed by atoms with E-state index in [1.807, 2.05) is 55.5 Å². The van der Waals surface area contributed by atoms with Gasteiger partial charge in [0.2, 0.25) is 0 Å². The van der Waals surface area contributed by atoms with Gasteiger partial charge < -0.3 is 0 Å². The first-order chi connectivity index (χ1) is 9.70. The fourth-order valence-electron chi connectivity index (χ4n) is 2.28. The predicted molar refractivity (Wildman–Crippen MR) is 89.4 cm³/mol. The van der Waals surface area contributed by atoms with Gasteiger partial charge in [-0.05, 0) is 52.9 Å². The molecule has 0 amide bonds. The van der Waals surface area contributed by atoms with Crippen LogP contribution in [0.1, 0.15) is 12.7 Å². The topological polar surface area (TPSA) is 34.9 Å². The van der Waals surface area contributed by atoms with Gasteiger partial charge in [-0.15, -0.1) is 0 Å². The molecule has 3 rings (SSSR count). The Kier molecular flexibility index (Phi) is 3.56. The van der Waals surface area contributed by atoms with Crippen LogP contribution in [0.4, 0.5) is 0 Å². The minimum absolute atomic E-state index is 0.00318. The van der Waals surface area contributed by atoms with Crippen molar-refractivity contribution in [2.75, 3.05) is 0 Å². The lowest BCUT2D eigenvalue weighted by atomic mass is 10.2. The normalized spacial score (nSPS) is 10.9. The van der Waals surface area contributed by atoms with Crippen LogP contribution in [0.25, 0.3) is 16.6 Å². The molecule has 0 saturated carbocycles. The summed E-state index contributed by atoms with van der Waals surface area (Å²) in [6.07, 6.45) is 0.714. The minimum Gasteiger partial charge on any atom is -0.268 e. The predicted octanol–water partition coefficient (Wildman–Crippen LogP) is 3.55. The van der Waals surface area contributed by atoms with E-state index in [4.69, 9.17) is 0 Å². The van der Waals surface area contributed by atoms with Crippen molar-refractivity contribution in [3.8, 4) is 5.69 Å². The molecule has 0 bridgehead atoms. The van der Waals surface area contributed by atoms with Gasteiger partial charge in [-0.25, -0.2) is 4.98 Å². The molecule has 0 N–H and O–H groups in total. The van der Waals surface area contributed by atoms with E-state index in [-0.39, 0.29) is 5.56 Å². The first kappa shape index (κ1) is 13.3. The summed E-state index contributed by atoms with van der Waals surface area (Å²) in [6.45, 7) is 2.01. The SMILES string of the molecule is CCc1nc2ccc(I)cc2c(=O)n1-c1ccccc1. The van der Waals surface area contributed by atoms with Crippen LogP contribution in [0.5, 0.6) is 0 Å². The Labute approximate surface area is 130 Å². The third-order valence-corrected chi connectivity index (χ3v) is 3.90. The monoisotopic (exact) mass is 376 g/mol. The maximum absolute atomic E-state index is 12.8. The van der Waals surface area contributed by atoms with E-state index in [1.54, 1.807) is 4.57 Å². The molecule has 1 heterocycles. The summed E-state index contributed by atoms with van der Waals surface area (Å²) in [5.74, 6) is 0.787. The molecule has 3 aromatic rings. The molecule has 0 fully saturated rings. The third kappa shape index (κ3) is 2.24. The molecule has 2 aromatic carbocycles. The van der Waals surface area contributed by atoms with Crippen molar-refractivity contribution >= 4 is 33.5 Å². The highest BCUT2D eigenvalue weighted by Gasteiger charge is 2.11. The van der Waals surface area contributed by atoms with Gasteiger partial charge in [0.15, 0.2) is 0 Å². The van der Waals surface area contributed by atoms with Crippen molar-refractivity contribution < 1.29 is 0 Å². The number of hydrogen-bond acceptors (Lipinski definition) is 2. The van der Waals surface area contributed by atoms with Gasteiger partial charge in [0, 0.05) is 9.99 Å². The first-order valence-corrected chi connectivity index (χ1v) is 7.55. The Hall–Kier alpha value is -1.69. The van der Waals surface area contributed by atoms with Crippen LogP contribution in [0, 0.1) is 3.57 Å². The summed E-state index contributed by atoms with van der Waals surface area (Å²) in [5.41, 5.74) is 1.62. The number of hydrogen-bond donors (Lipinski definition) is 0. The maximum Gasteiger partial charge on any atom is 0.266 e. The van der Waals surface area contributed by atoms with Crippen LogP contribution >= 0.6 is 22.6 Å². The molecule has 0 aliphatic carbocycles. The number of rotatable bonds is 2. The van der Waals surface area contributed by atoms with Crippen molar-refractivity contribution in [3.05, 3.63) is 68.3 Å². The Balaban J connectivity index is 2.41. The van der Waals surface area contributed by atoms with Crippen LogP contribution in [0.3, 0.4) is 0 Å². The highest BCUT2D eigenvalue weighted by molar-refractivity contribution is 14.1. The summed E-state index contributed by atoms with van der Waals surface area (Å²) in [7, 11) is 0. The van der Waals surface area contributed by atoms with Crippen LogP contribution in [-0.4, -0.2) is 9.55 Å². The van der Waals surface area contributed by atoms with Crippen molar-refractivity contribution in [2.45, 2.75) is 13.3 Å². The lowest BCUT2D eigenvalue weighted by Crippen LogP contribution is -2.23. The highest BCUT2D eigenvalue weighted by Crippen LogP contribution is 2.16. The Morgan fingerprint density at radius 2 is 1.90 bits per heavy atom. The summed E-state index contributed by atoms with van der Waals surface area (Å²) in [6, 6.07) is 15.4. The molecule has 0 aliphatic rings. The minimum atomic E-state index is -0.00318. The number of halogens is 1. The average Bonchev–Trinajstić information content (AvgIpc) is 2.48. The largest absolute Gasteiger partial charge is 0.268 e. The summed E-state index contributed by atoms with van der Waals surface area (Å²) in [5, 5.41) is 0.665. The van der Waals surface area contributed by atoms with E-state index < -0.39 is 0 Å². The number of nitrogens with zero attached hydrogens (tertiary/aromatic N) is 2. The smallest absolute Gasteiger partial charge is 0.266 e. The Morgan fingerprint density at radius 3 is 2.60 bits per heavy atom. The molecule has 0 spiro atoms. The van der Waals surface area contributed by atoms with Crippen molar-refractivity contribution in [2.24, 2.45) is 0 Å². The van der Waals surface area contributed by atoms with Crippen LogP contribution < -0.4 is 5.56 Å². The molecule has 0 radical (unpaired) electrons. The molecular weight excluding hydrogens is 363 g/mol. The number of benzene rings is 2. The summed E-state index contributed by atoms with van der Waals surface area (Å²) >= 11 is 2.21. The molecule has 100 valence electrons. The maximum atomic E-state index is 12.8. The zero-order chi connectivity index (χ0) is 14.1. The zero-order valence-electron chi connectivity index (χ0n) is 11.0. The summed E-state index contributed by atoms with van der Waals surface area (Å²) in [4.78, 5) is 17.4. The molecule has 20 heavy (non-hydrogen) atoms. The fourth-order valence-corrected chi connectivity index (χ4v) is 2.78. The van der Waals surface area contributed by atoms with Gasteiger partial charge in [-0.1, -0.05) is 25.1 Å². The van der Waals surface area contributed by atoms with Gasteiger partial charge in [-0.3, -0.25) is 9.36 Å². The van der Waals surface area contributed by atoms with Gasteiger partial charge >= 0.3 is 0 Å². The number of aromatic nitrogens is 2. The average molecular weight is 376 g/mol. The second-order valence-corrected chi connectivity index (χ2v) is 5.76. The molecule has 1 aromatic heterocycles. The fraction of sp³-hybridized carbons (Fsp3) is 0.125. The zero-order valence-corrected chi connectivity index (χ0v) is 13.2. The first-order valence-electron chi connectivity index (χ1n) is 6.47. The van der Waals surface area contributed by atoms with Gasteiger partial charge in [-0.2, -0.15) is 0 Å². The van der Waals surface area contributed by atoms with E-state index in [9.17, 15) is 4.79 Å². The number of para-hydroxylation sites is 1. The Morgan fingerprint density at radius 1 is 1.15 bits per heavy atom. The van der Waals surface area contributed by atoms with E-state index in [1.165, 1.54) is 0 Å². The van der Waals surface area contributed by atoms with Crippen LogP contribution in [0.15, 0.2) is 53.3 Å². The lowest BCUT2D eigenvalue weighted by Gasteiger charge is -2.12.